The van der Waals surface area contributed by atoms with Crippen molar-refractivity contribution in [2.24, 2.45) is 0 Å². The lowest BCUT2D eigenvalue weighted by atomic mass is 10.1. The maximum absolute atomic E-state index is 12.3. The highest BCUT2D eigenvalue weighted by molar-refractivity contribution is 6.21. The Hall–Kier alpha value is -1.96. The van der Waals surface area contributed by atoms with E-state index >= 15 is 0 Å². The van der Waals surface area contributed by atoms with Gasteiger partial charge < -0.3 is 37.9 Å². The summed E-state index contributed by atoms with van der Waals surface area (Å²) in [6.07, 6.45) is 3.53. The minimum atomic E-state index is -0.272. The van der Waals surface area contributed by atoms with Crippen LogP contribution in [0.25, 0.3) is 0 Å². The van der Waals surface area contributed by atoms with E-state index in [1.165, 1.54) is 17.7 Å². The number of imide groups is 1. The lowest BCUT2D eigenvalue weighted by Gasteiger charge is -2.13. The van der Waals surface area contributed by atoms with E-state index in [-0.39, 0.29) is 25.0 Å². The average molecular weight is 570 g/mol. The van der Waals surface area contributed by atoms with E-state index in [9.17, 15) is 9.59 Å². The smallest absolute Gasteiger partial charge is 0.261 e. The number of amides is 2. The van der Waals surface area contributed by atoms with E-state index in [0.29, 0.717) is 104 Å². The number of rotatable bonds is 28. The Bertz CT molecular complexity index is 759. The second-order valence-electron chi connectivity index (χ2n) is 8.91. The van der Waals surface area contributed by atoms with Gasteiger partial charge in [-0.3, -0.25) is 14.5 Å². The van der Waals surface area contributed by atoms with Gasteiger partial charge in [-0.05, 0) is 18.6 Å². The van der Waals surface area contributed by atoms with E-state index in [0.717, 1.165) is 13.0 Å². The minimum absolute atomic E-state index is 0.222. The third-order valence-corrected chi connectivity index (χ3v) is 5.83. The van der Waals surface area contributed by atoms with Crippen LogP contribution in [-0.4, -0.2) is 129 Å². The number of nitrogens with zero attached hydrogens (tertiary/aromatic N) is 1. The molecule has 40 heavy (non-hydrogen) atoms. The number of hydrogen-bond donors (Lipinski definition) is 0. The molecule has 1 aromatic rings. The van der Waals surface area contributed by atoms with Crippen molar-refractivity contribution in [1.82, 2.24) is 4.90 Å². The van der Waals surface area contributed by atoms with Gasteiger partial charge in [0, 0.05) is 6.61 Å². The van der Waals surface area contributed by atoms with E-state index < -0.39 is 0 Å². The molecule has 1 aromatic carbocycles. The van der Waals surface area contributed by atoms with Gasteiger partial charge in [-0.25, -0.2) is 0 Å². The van der Waals surface area contributed by atoms with Crippen LogP contribution < -0.4 is 0 Å². The summed E-state index contributed by atoms with van der Waals surface area (Å²) in [6, 6.07) is 6.83. The minimum Gasteiger partial charge on any atom is -0.379 e. The van der Waals surface area contributed by atoms with E-state index in [2.05, 4.69) is 6.92 Å². The SMILES string of the molecule is CCCCCOCCOCCOCCOCCOCCOCCOCCOCCN1C(=O)c2ccccc2C1=O. The lowest BCUT2D eigenvalue weighted by Crippen LogP contribution is -2.33. The number of carbonyl (C=O) groups excluding carboxylic acids is 2. The number of benzene rings is 1. The van der Waals surface area contributed by atoms with E-state index in [1.807, 2.05) is 0 Å². The van der Waals surface area contributed by atoms with Crippen molar-refractivity contribution >= 4 is 11.8 Å². The van der Waals surface area contributed by atoms with Gasteiger partial charge in [-0.2, -0.15) is 0 Å². The summed E-state index contributed by atoms with van der Waals surface area (Å²) < 4.78 is 43.7. The van der Waals surface area contributed by atoms with Gasteiger partial charge in [0.2, 0.25) is 0 Å². The van der Waals surface area contributed by atoms with Gasteiger partial charge in [-0.15, -0.1) is 0 Å². The second kappa shape index (κ2) is 23.7. The maximum Gasteiger partial charge on any atom is 0.261 e. The van der Waals surface area contributed by atoms with Crippen molar-refractivity contribution in [3.63, 3.8) is 0 Å². The monoisotopic (exact) mass is 569 g/mol. The molecule has 2 rings (SSSR count). The van der Waals surface area contributed by atoms with Crippen LogP contribution in [0.15, 0.2) is 24.3 Å². The highest BCUT2D eigenvalue weighted by atomic mass is 16.6. The number of unbranched alkanes of at least 4 members (excludes halogenated alkanes) is 2. The van der Waals surface area contributed by atoms with Gasteiger partial charge in [0.05, 0.1) is 117 Å². The molecule has 1 heterocycles. The molecular weight excluding hydrogens is 522 g/mol. The first-order valence-electron chi connectivity index (χ1n) is 14.3. The summed E-state index contributed by atoms with van der Waals surface area (Å²) in [5, 5.41) is 0. The summed E-state index contributed by atoms with van der Waals surface area (Å²) in [4.78, 5) is 25.8. The van der Waals surface area contributed by atoms with Crippen molar-refractivity contribution in [3.8, 4) is 0 Å². The number of fused-ring (bicyclic) bond motifs is 1. The Labute approximate surface area is 238 Å². The molecule has 0 radical (unpaired) electrons. The van der Waals surface area contributed by atoms with Crippen LogP contribution in [-0.2, 0) is 37.9 Å². The quantitative estimate of drug-likeness (QED) is 0.110. The van der Waals surface area contributed by atoms with Crippen molar-refractivity contribution in [2.45, 2.75) is 26.2 Å². The number of hydrogen-bond acceptors (Lipinski definition) is 10. The van der Waals surface area contributed by atoms with Crippen LogP contribution in [0.4, 0.5) is 0 Å². The third-order valence-electron chi connectivity index (χ3n) is 5.83. The van der Waals surface area contributed by atoms with Crippen LogP contribution in [0.3, 0.4) is 0 Å². The molecule has 0 aliphatic carbocycles. The Morgan fingerprint density at radius 2 is 0.800 bits per heavy atom. The fourth-order valence-electron chi connectivity index (χ4n) is 3.69. The average Bonchev–Trinajstić information content (AvgIpc) is 3.21. The summed E-state index contributed by atoms with van der Waals surface area (Å²) in [6.45, 7) is 10.5. The molecule has 11 nitrogen and oxygen atoms in total. The molecule has 0 bridgehead atoms. The van der Waals surface area contributed by atoms with Crippen molar-refractivity contribution in [3.05, 3.63) is 35.4 Å². The zero-order valence-corrected chi connectivity index (χ0v) is 24.0. The predicted molar refractivity (Wildman–Crippen MR) is 148 cm³/mol. The molecule has 1 aliphatic heterocycles. The fourth-order valence-corrected chi connectivity index (χ4v) is 3.69. The Kier molecular flexibility index (Phi) is 20.3. The molecule has 2 amide bonds. The van der Waals surface area contributed by atoms with E-state index in [1.54, 1.807) is 24.3 Å². The number of carbonyl (C=O) groups is 2. The normalized spacial score (nSPS) is 13.0. The summed E-state index contributed by atoms with van der Waals surface area (Å²) in [5.41, 5.74) is 0.894. The highest BCUT2D eigenvalue weighted by Crippen LogP contribution is 2.21. The van der Waals surface area contributed by atoms with Gasteiger partial charge in [0.1, 0.15) is 0 Å². The Balaban J connectivity index is 1.22. The third kappa shape index (κ3) is 15.2. The summed E-state index contributed by atoms with van der Waals surface area (Å²) in [7, 11) is 0. The van der Waals surface area contributed by atoms with Gasteiger partial charge in [-0.1, -0.05) is 31.9 Å². The topological polar surface area (TPSA) is 111 Å². The Morgan fingerprint density at radius 3 is 1.15 bits per heavy atom. The molecule has 228 valence electrons. The van der Waals surface area contributed by atoms with E-state index in [4.69, 9.17) is 37.9 Å². The molecule has 0 fully saturated rings. The first-order chi connectivity index (χ1) is 19.8. The zero-order chi connectivity index (χ0) is 28.5. The molecule has 0 unspecified atom stereocenters. The summed E-state index contributed by atoms with van der Waals surface area (Å²) >= 11 is 0. The molecule has 0 atom stereocenters. The van der Waals surface area contributed by atoms with Crippen molar-refractivity contribution in [1.29, 1.82) is 0 Å². The fraction of sp³-hybridized carbons (Fsp3) is 0.724. The molecule has 0 aromatic heterocycles. The highest BCUT2D eigenvalue weighted by Gasteiger charge is 2.34. The molecule has 0 saturated heterocycles. The van der Waals surface area contributed by atoms with Crippen LogP contribution >= 0.6 is 0 Å². The van der Waals surface area contributed by atoms with Crippen molar-refractivity contribution in [2.75, 3.05) is 112 Å². The zero-order valence-electron chi connectivity index (χ0n) is 24.0. The summed E-state index contributed by atoms with van der Waals surface area (Å²) in [5.74, 6) is -0.544. The van der Waals surface area contributed by atoms with Gasteiger partial charge in [0.15, 0.2) is 0 Å². The van der Waals surface area contributed by atoms with Crippen LogP contribution in [0.5, 0.6) is 0 Å². The number of ether oxygens (including phenoxy) is 8. The lowest BCUT2D eigenvalue weighted by molar-refractivity contribution is -0.0233. The molecular formula is C29H47NO10. The molecule has 0 saturated carbocycles. The molecule has 0 N–H and O–H groups in total. The Morgan fingerprint density at radius 1 is 0.475 bits per heavy atom. The van der Waals surface area contributed by atoms with Gasteiger partial charge >= 0.3 is 0 Å². The molecule has 11 heteroatoms. The van der Waals surface area contributed by atoms with Crippen LogP contribution in [0, 0.1) is 0 Å². The van der Waals surface area contributed by atoms with Crippen LogP contribution in [0.2, 0.25) is 0 Å². The first kappa shape index (κ1) is 34.2. The standard InChI is InChI=1S/C29H47NO10/c1-2-3-6-10-33-12-14-35-16-18-37-20-22-39-24-25-40-23-21-38-19-17-36-15-13-34-11-9-30-28(31)26-7-4-5-8-27(26)29(30)32/h4-5,7-8H,2-3,6,9-25H2,1H3. The second-order valence-corrected chi connectivity index (χ2v) is 8.91. The first-order valence-corrected chi connectivity index (χ1v) is 14.3. The largest absolute Gasteiger partial charge is 0.379 e. The van der Waals surface area contributed by atoms with Gasteiger partial charge in [0.25, 0.3) is 11.8 Å². The molecule has 1 aliphatic rings. The molecule has 0 spiro atoms. The van der Waals surface area contributed by atoms with Crippen LogP contribution in [0.1, 0.15) is 46.9 Å². The van der Waals surface area contributed by atoms with Crippen molar-refractivity contribution < 1.29 is 47.5 Å². The maximum atomic E-state index is 12.3. The predicted octanol–water partition coefficient (Wildman–Crippen LogP) is 2.61.